The first-order chi connectivity index (χ1) is 6.50. The summed E-state index contributed by atoms with van der Waals surface area (Å²) in [5.41, 5.74) is 0.329. The van der Waals surface area contributed by atoms with E-state index in [0.717, 1.165) is 0 Å². The predicted octanol–water partition coefficient (Wildman–Crippen LogP) is 2.92. The summed E-state index contributed by atoms with van der Waals surface area (Å²) in [6.45, 7) is 1.58. The lowest BCUT2D eigenvalue weighted by Crippen LogP contribution is -2.25. The van der Waals surface area contributed by atoms with E-state index in [9.17, 15) is 9.18 Å². The normalized spacial score (nSPS) is 12.2. The van der Waals surface area contributed by atoms with Gasteiger partial charge in [0.25, 0.3) is 0 Å². The van der Waals surface area contributed by atoms with Crippen LogP contribution in [-0.4, -0.2) is 11.2 Å². The Labute approximate surface area is 89.1 Å². The van der Waals surface area contributed by atoms with Crippen molar-refractivity contribution in [1.82, 2.24) is 5.32 Å². The van der Waals surface area contributed by atoms with Gasteiger partial charge in [-0.25, -0.2) is 9.18 Å². The maximum atomic E-state index is 13.3. The average Bonchev–Trinajstić information content (AvgIpc) is 2.01. The summed E-state index contributed by atoms with van der Waals surface area (Å²) in [4.78, 5) is 10.3. The van der Waals surface area contributed by atoms with Gasteiger partial charge >= 0.3 is 6.09 Å². The number of halogens is 2. The molecule has 1 atom stereocenters. The van der Waals surface area contributed by atoms with E-state index in [1.54, 1.807) is 19.1 Å². The van der Waals surface area contributed by atoms with Crippen molar-refractivity contribution < 1.29 is 14.3 Å². The Morgan fingerprint density at radius 1 is 1.64 bits per heavy atom. The molecule has 0 fully saturated rings. The lowest BCUT2D eigenvalue weighted by Gasteiger charge is -2.12. The van der Waals surface area contributed by atoms with Crippen LogP contribution in [0.15, 0.2) is 22.7 Å². The molecule has 1 amide bonds. The number of rotatable bonds is 2. The van der Waals surface area contributed by atoms with Gasteiger partial charge in [-0.05, 0) is 19.1 Å². The summed E-state index contributed by atoms with van der Waals surface area (Å²) in [7, 11) is 0. The number of hydrogen-bond donors (Lipinski definition) is 2. The summed E-state index contributed by atoms with van der Waals surface area (Å²) < 4.78 is 13.9. The van der Waals surface area contributed by atoms with Crippen molar-refractivity contribution in [2.24, 2.45) is 0 Å². The summed E-state index contributed by atoms with van der Waals surface area (Å²) in [5, 5.41) is 10.6. The van der Waals surface area contributed by atoms with Crippen molar-refractivity contribution in [3.8, 4) is 0 Å². The Hall–Kier alpha value is -1.10. The zero-order valence-electron chi connectivity index (χ0n) is 7.42. The molecule has 0 aromatic heterocycles. The summed E-state index contributed by atoms with van der Waals surface area (Å²) in [5.74, 6) is -0.430. The SMILES string of the molecule is C[C@H](NC(=O)O)c1ccc(Br)cc1F. The van der Waals surface area contributed by atoms with Crippen LogP contribution in [-0.2, 0) is 0 Å². The molecule has 2 N–H and O–H groups in total. The quantitative estimate of drug-likeness (QED) is 0.860. The lowest BCUT2D eigenvalue weighted by atomic mass is 10.1. The second-order valence-electron chi connectivity index (χ2n) is 2.84. The van der Waals surface area contributed by atoms with Crippen LogP contribution >= 0.6 is 15.9 Å². The van der Waals surface area contributed by atoms with Crippen LogP contribution < -0.4 is 5.32 Å². The number of nitrogens with one attached hydrogen (secondary N) is 1. The van der Waals surface area contributed by atoms with Crippen molar-refractivity contribution in [3.63, 3.8) is 0 Å². The number of carbonyl (C=O) groups is 1. The molecule has 0 heterocycles. The van der Waals surface area contributed by atoms with Gasteiger partial charge in [0.15, 0.2) is 0 Å². The van der Waals surface area contributed by atoms with Gasteiger partial charge < -0.3 is 10.4 Å². The Kier molecular flexibility index (Phi) is 3.46. The molecule has 0 radical (unpaired) electrons. The van der Waals surface area contributed by atoms with E-state index in [2.05, 4.69) is 21.2 Å². The Balaban J connectivity index is 2.90. The molecular formula is C9H9BrFNO2. The van der Waals surface area contributed by atoms with E-state index in [0.29, 0.717) is 10.0 Å². The van der Waals surface area contributed by atoms with Gasteiger partial charge in [-0.2, -0.15) is 0 Å². The molecule has 1 rings (SSSR count). The molecule has 0 unspecified atom stereocenters. The van der Waals surface area contributed by atoms with Gasteiger partial charge in [0.05, 0.1) is 6.04 Å². The molecule has 0 bridgehead atoms. The first kappa shape index (κ1) is 11.0. The topological polar surface area (TPSA) is 49.3 Å². The highest BCUT2D eigenvalue weighted by molar-refractivity contribution is 9.10. The fourth-order valence-corrected chi connectivity index (χ4v) is 1.45. The highest BCUT2D eigenvalue weighted by Gasteiger charge is 2.12. The summed E-state index contributed by atoms with van der Waals surface area (Å²) in [6, 6.07) is 3.95. The van der Waals surface area contributed by atoms with E-state index in [1.807, 2.05) is 0 Å². The minimum Gasteiger partial charge on any atom is -0.465 e. The molecular weight excluding hydrogens is 253 g/mol. The molecule has 0 saturated carbocycles. The number of benzene rings is 1. The van der Waals surface area contributed by atoms with Gasteiger partial charge in [-0.1, -0.05) is 22.0 Å². The Morgan fingerprint density at radius 2 is 2.29 bits per heavy atom. The van der Waals surface area contributed by atoms with Gasteiger partial charge in [0, 0.05) is 10.0 Å². The van der Waals surface area contributed by atoms with Crippen LogP contribution in [0.3, 0.4) is 0 Å². The first-order valence-corrected chi connectivity index (χ1v) is 4.74. The van der Waals surface area contributed by atoms with Gasteiger partial charge in [0.1, 0.15) is 5.82 Å². The zero-order valence-corrected chi connectivity index (χ0v) is 9.01. The number of carboxylic acid groups (broad SMARTS) is 1. The molecule has 0 spiro atoms. The second-order valence-corrected chi connectivity index (χ2v) is 3.75. The third-order valence-corrected chi connectivity index (χ3v) is 2.26. The third kappa shape index (κ3) is 2.70. The lowest BCUT2D eigenvalue weighted by molar-refractivity contribution is 0.190. The number of hydrogen-bond acceptors (Lipinski definition) is 1. The minimum absolute atomic E-state index is 0.329. The van der Waals surface area contributed by atoms with Crippen molar-refractivity contribution >= 4 is 22.0 Å². The molecule has 0 aliphatic carbocycles. The largest absolute Gasteiger partial charge is 0.465 e. The molecule has 14 heavy (non-hydrogen) atoms. The van der Waals surface area contributed by atoms with Crippen molar-refractivity contribution in [3.05, 3.63) is 34.1 Å². The van der Waals surface area contributed by atoms with E-state index < -0.39 is 18.0 Å². The smallest absolute Gasteiger partial charge is 0.405 e. The van der Waals surface area contributed by atoms with Crippen LogP contribution in [0.2, 0.25) is 0 Å². The number of amides is 1. The van der Waals surface area contributed by atoms with E-state index in [-0.39, 0.29) is 0 Å². The summed E-state index contributed by atoms with van der Waals surface area (Å²) >= 11 is 3.12. The molecule has 76 valence electrons. The molecule has 1 aromatic rings. The van der Waals surface area contributed by atoms with E-state index in [4.69, 9.17) is 5.11 Å². The Morgan fingerprint density at radius 3 is 2.79 bits per heavy atom. The van der Waals surface area contributed by atoms with Crippen LogP contribution in [0, 0.1) is 5.82 Å². The Bertz CT molecular complexity index is 357. The highest BCUT2D eigenvalue weighted by Crippen LogP contribution is 2.20. The van der Waals surface area contributed by atoms with Crippen molar-refractivity contribution in [1.29, 1.82) is 0 Å². The van der Waals surface area contributed by atoms with Gasteiger partial charge in [-0.15, -0.1) is 0 Å². The maximum absolute atomic E-state index is 13.3. The third-order valence-electron chi connectivity index (χ3n) is 1.77. The minimum atomic E-state index is -1.17. The fourth-order valence-electron chi connectivity index (χ4n) is 1.12. The second kappa shape index (κ2) is 4.41. The van der Waals surface area contributed by atoms with Crippen LogP contribution in [0.5, 0.6) is 0 Å². The first-order valence-electron chi connectivity index (χ1n) is 3.95. The molecule has 1 aromatic carbocycles. The van der Waals surface area contributed by atoms with Crippen molar-refractivity contribution in [2.45, 2.75) is 13.0 Å². The van der Waals surface area contributed by atoms with Crippen LogP contribution in [0.4, 0.5) is 9.18 Å². The monoisotopic (exact) mass is 261 g/mol. The van der Waals surface area contributed by atoms with E-state index >= 15 is 0 Å². The molecule has 3 nitrogen and oxygen atoms in total. The van der Waals surface area contributed by atoms with Crippen molar-refractivity contribution in [2.75, 3.05) is 0 Å². The van der Waals surface area contributed by atoms with Gasteiger partial charge in [0.2, 0.25) is 0 Å². The predicted molar refractivity (Wildman–Crippen MR) is 53.7 cm³/mol. The highest BCUT2D eigenvalue weighted by atomic mass is 79.9. The zero-order chi connectivity index (χ0) is 10.7. The molecule has 0 aliphatic heterocycles. The maximum Gasteiger partial charge on any atom is 0.405 e. The summed E-state index contributed by atoms with van der Waals surface area (Å²) in [6.07, 6.45) is -1.17. The standard InChI is InChI=1S/C9H9BrFNO2/c1-5(12-9(13)14)7-3-2-6(10)4-8(7)11/h2-5,12H,1H3,(H,13,14)/t5-/m0/s1. The average molecular weight is 262 g/mol. The van der Waals surface area contributed by atoms with Gasteiger partial charge in [-0.3, -0.25) is 0 Å². The van der Waals surface area contributed by atoms with Crippen LogP contribution in [0.25, 0.3) is 0 Å². The molecule has 5 heteroatoms. The van der Waals surface area contributed by atoms with E-state index in [1.165, 1.54) is 6.07 Å². The van der Waals surface area contributed by atoms with Crippen LogP contribution in [0.1, 0.15) is 18.5 Å². The molecule has 0 saturated heterocycles. The molecule has 0 aliphatic rings. The fraction of sp³-hybridized carbons (Fsp3) is 0.222.